The molecule has 0 aliphatic rings. The fraction of sp³-hybridized carbons (Fsp3) is 0.571. The number of rotatable bonds is 1. The maximum atomic E-state index is 4.86. The first-order chi connectivity index (χ1) is 4.83. The van der Waals surface area contributed by atoms with Crippen LogP contribution in [-0.2, 0) is 6.42 Å². The van der Waals surface area contributed by atoms with E-state index in [0.717, 1.165) is 10.4 Å². The molecular weight excluding hydrogens is 162 g/mol. The number of nitrogens with one attached hydrogen (secondary N) is 1. The Bertz CT molecular complexity index is 211. The lowest BCUT2D eigenvalue weighted by atomic mass is 10.4. The van der Waals surface area contributed by atoms with Crippen molar-refractivity contribution in [2.45, 2.75) is 27.2 Å². The molecule has 0 saturated heterocycles. The molecule has 0 aliphatic heterocycles. The van der Waals surface area contributed by atoms with Gasteiger partial charge in [0.25, 0.3) is 0 Å². The van der Waals surface area contributed by atoms with Crippen LogP contribution in [0.2, 0.25) is 0 Å². The summed E-state index contributed by atoms with van der Waals surface area (Å²) in [6.07, 6.45) is 1.05. The molecule has 0 aliphatic carbocycles. The Morgan fingerprint density at radius 3 is 2.40 bits per heavy atom. The Hall–Kier alpha value is -0.150. The van der Waals surface area contributed by atoms with Crippen molar-refractivity contribution in [2.24, 2.45) is 0 Å². The number of thiazole rings is 1. The quantitative estimate of drug-likeness (QED) is 0.647. The van der Waals surface area contributed by atoms with E-state index in [1.165, 1.54) is 5.69 Å². The first-order valence-electron chi connectivity index (χ1n) is 3.49. The van der Waals surface area contributed by atoms with Crippen LogP contribution < -0.4 is 0 Å². The predicted molar refractivity (Wildman–Crippen MR) is 50.2 cm³/mol. The van der Waals surface area contributed by atoms with Gasteiger partial charge in [-0.3, -0.25) is 0 Å². The summed E-state index contributed by atoms with van der Waals surface area (Å²) in [6, 6.07) is 0. The molecule has 1 N–H and O–H groups in total. The monoisotopic (exact) mass is 175 g/mol. The smallest absolute Gasteiger partial charge is 0.158 e. The Morgan fingerprint density at radius 1 is 1.60 bits per heavy atom. The average Bonchev–Trinajstić information content (AvgIpc) is 2.40. The van der Waals surface area contributed by atoms with Crippen LogP contribution in [0.5, 0.6) is 0 Å². The van der Waals surface area contributed by atoms with E-state index in [4.69, 9.17) is 12.2 Å². The van der Waals surface area contributed by atoms with Crippen molar-refractivity contribution in [3.05, 3.63) is 15.0 Å². The van der Waals surface area contributed by atoms with Gasteiger partial charge in [-0.25, -0.2) is 0 Å². The Morgan fingerprint density at radius 2 is 2.20 bits per heavy atom. The van der Waals surface area contributed by atoms with Crippen molar-refractivity contribution in [1.29, 1.82) is 0 Å². The molecule has 1 rings (SSSR count). The van der Waals surface area contributed by atoms with Crippen LogP contribution in [-0.4, -0.2) is 4.98 Å². The summed E-state index contributed by atoms with van der Waals surface area (Å²) in [5, 5.41) is 2.06. The number of aryl methyl sites for hydroxylation is 1. The first-order valence-corrected chi connectivity index (χ1v) is 4.78. The van der Waals surface area contributed by atoms with Gasteiger partial charge >= 0.3 is 0 Å². The summed E-state index contributed by atoms with van der Waals surface area (Å²) in [5.41, 5.74) is 1.24. The van der Waals surface area contributed by atoms with E-state index in [1.54, 1.807) is 11.3 Å². The predicted octanol–water partition coefficient (Wildman–Crippen LogP) is 3.39. The molecule has 0 radical (unpaired) electrons. The van der Waals surface area contributed by atoms with Gasteiger partial charge in [-0.2, -0.15) is 0 Å². The van der Waals surface area contributed by atoms with Crippen LogP contribution >= 0.6 is 23.6 Å². The van der Waals surface area contributed by atoms with E-state index in [9.17, 15) is 0 Å². The summed E-state index contributed by atoms with van der Waals surface area (Å²) >= 11 is 6.45. The summed E-state index contributed by atoms with van der Waals surface area (Å²) < 4.78 is 0.877. The third-order valence-corrected chi connectivity index (χ3v) is 2.06. The van der Waals surface area contributed by atoms with Crippen molar-refractivity contribution >= 4 is 23.6 Å². The number of aromatic nitrogens is 1. The molecule has 0 unspecified atom stereocenters. The number of hydrogen-bond donors (Lipinski definition) is 1. The number of aromatic amines is 1. The highest BCUT2D eigenvalue weighted by Crippen LogP contribution is 2.03. The lowest BCUT2D eigenvalue weighted by molar-refractivity contribution is 1.06. The summed E-state index contributed by atoms with van der Waals surface area (Å²) in [7, 11) is 0. The van der Waals surface area contributed by atoms with Crippen LogP contribution in [0.15, 0.2) is 5.38 Å². The number of hydrogen-bond acceptors (Lipinski definition) is 2. The van der Waals surface area contributed by atoms with Crippen molar-refractivity contribution in [3.8, 4) is 0 Å². The molecule has 0 amide bonds. The highest BCUT2D eigenvalue weighted by molar-refractivity contribution is 7.73. The standard InChI is InChI=1S/C5H7NS2.C2H6/c1-2-4-3-8-5(7)6-4;1-2/h3H,2H2,1H3,(H,6,7);1-2H3. The first kappa shape index (κ1) is 9.85. The van der Waals surface area contributed by atoms with Gasteiger partial charge in [0.15, 0.2) is 3.95 Å². The van der Waals surface area contributed by atoms with E-state index in [2.05, 4.69) is 17.3 Å². The minimum atomic E-state index is 0.877. The molecule has 0 spiro atoms. The van der Waals surface area contributed by atoms with Gasteiger partial charge in [0.05, 0.1) is 0 Å². The molecule has 3 heteroatoms. The summed E-state index contributed by atoms with van der Waals surface area (Å²) in [4.78, 5) is 3.06. The zero-order chi connectivity index (χ0) is 7.98. The molecule has 0 fully saturated rings. The molecule has 58 valence electrons. The van der Waals surface area contributed by atoms with Crippen LogP contribution in [0.25, 0.3) is 0 Å². The molecule has 1 heterocycles. The second-order valence-corrected chi connectivity index (χ2v) is 3.07. The summed E-state index contributed by atoms with van der Waals surface area (Å²) in [6.45, 7) is 6.10. The van der Waals surface area contributed by atoms with E-state index >= 15 is 0 Å². The molecule has 10 heavy (non-hydrogen) atoms. The van der Waals surface area contributed by atoms with Gasteiger partial charge in [0, 0.05) is 11.1 Å². The van der Waals surface area contributed by atoms with Gasteiger partial charge < -0.3 is 4.98 Å². The minimum Gasteiger partial charge on any atom is -0.341 e. The zero-order valence-corrected chi connectivity index (χ0v) is 8.23. The number of H-pyrrole nitrogens is 1. The largest absolute Gasteiger partial charge is 0.341 e. The fourth-order valence-corrected chi connectivity index (χ4v) is 1.43. The second kappa shape index (κ2) is 5.62. The van der Waals surface area contributed by atoms with Crippen LogP contribution in [0, 0.1) is 3.95 Å². The van der Waals surface area contributed by atoms with Gasteiger partial charge in [-0.1, -0.05) is 20.8 Å². The molecule has 1 aromatic rings. The van der Waals surface area contributed by atoms with E-state index in [-0.39, 0.29) is 0 Å². The molecule has 1 aromatic heterocycles. The van der Waals surface area contributed by atoms with Crippen molar-refractivity contribution < 1.29 is 0 Å². The van der Waals surface area contributed by atoms with E-state index in [0.29, 0.717) is 0 Å². The highest BCUT2D eigenvalue weighted by atomic mass is 32.1. The molecule has 0 aromatic carbocycles. The lowest BCUT2D eigenvalue weighted by Crippen LogP contribution is -1.74. The van der Waals surface area contributed by atoms with Crippen LogP contribution in [0.4, 0.5) is 0 Å². The van der Waals surface area contributed by atoms with Crippen LogP contribution in [0.1, 0.15) is 26.5 Å². The van der Waals surface area contributed by atoms with Gasteiger partial charge in [-0.15, -0.1) is 11.3 Å². The Kier molecular flexibility index (Phi) is 5.54. The van der Waals surface area contributed by atoms with Crippen molar-refractivity contribution in [1.82, 2.24) is 4.98 Å². The zero-order valence-electron chi connectivity index (χ0n) is 6.60. The molecule has 0 bridgehead atoms. The molecule has 0 atom stereocenters. The third kappa shape index (κ3) is 3.13. The maximum Gasteiger partial charge on any atom is 0.158 e. The fourth-order valence-electron chi connectivity index (χ4n) is 0.486. The van der Waals surface area contributed by atoms with Crippen LogP contribution in [0.3, 0.4) is 0 Å². The van der Waals surface area contributed by atoms with Gasteiger partial charge in [0.1, 0.15) is 0 Å². The third-order valence-electron chi connectivity index (χ3n) is 0.952. The summed E-state index contributed by atoms with van der Waals surface area (Å²) in [5.74, 6) is 0. The Labute approximate surface area is 71.1 Å². The topological polar surface area (TPSA) is 15.8 Å². The minimum absolute atomic E-state index is 0.877. The maximum absolute atomic E-state index is 4.86. The van der Waals surface area contributed by atoms with E-state index in [1.807, 2.05) is 13.8 Å². The average molecular weight is 175 g/mol. The molecule has 0 saturated carbocycles. The second-order valence-electron chi connectivity index (χ2n) is 1.53. The highest BCUT2D eigenvalue weighted by Gasteiger charge is 1.86. The lowest BCUT2D eigenvalue weighted by Gasteiger charge is -1.80. The van der Waals surface area contributed by atoms with Gasteiger partial charge in [0.2, 0.25) is 0 Å². The van der Waals surface area contributed by atoms with Crippen molar-refractivity contribution in [2.75, 3.05) is 0 Å². The molecular formula is C7H13NS2. The Balaban J connectivity index is 0.000000371. The van der Waals surface area contributed by atoms with Gasteiger partial charge in [-0.05, 0) is 18.6 Å². The SMILES string of the molecule is CC.CCc1csc(=S)[nH]1. The molecule has 1 nitrogen and oxygen atoms in total. The van der Waals surface area contributed by atoms with Crippen molar-refractivity contribution in [3.63, 3.8) is 0 Å². The van der Waals surface area contributed by atoms with E-state index < -0.39 is 0 Å². The normalized spacial score (nSPS) is 8.30.